The van der Waals surface area contributed by atoms with Crippen molar-refractivity contribution >= 4 is 21.6 Å². The van der Waals surface area contributed by atoms with Crippen LogP contribution in [0.25, 0.3) is 0 Å². The zero-order valence-electron chi connectivity index (χ0n) is 17.6. The molecule has 1 saturated heterocycles. The van der Waals surface area contributed by atoms with Gasteiger partial charge in [-0.25, -0.2) is 12.8 Å². The molecule has 0 spiro atoms. The van der Waals surface area contributed by atoms with Crippen LogP contribution in [0, 0.1) is 11.7 Å². The summed E-state index contributed by atoms with van der Waals surface area (Å²) < 4.78 is 42.6. The van der Waals surface area contributed by atoms with Gasteiger partial charge in [0.1, 0.15) is 11.5 Å². The number of carbonyl (C=O) groups is 1. The molecule has 0 radical (unpaired) electrons. The van der Waals surface area contributed by atoms with E-state index in [1.807, 2.05) is 0 Å². The van der Waals surface area contributed by atoms with E-state index >= 15 is 0 Å². The highest BCUT2D eigenvalue weighted by Crippen LogP contribution is 2.36. The molecule has 7 nitrogen and oxygen atoms in total. The van der Waals surface area contributed by atoms with E-state index in [0.717, 1.165) is 12.1 Å². The van der Waals surface area contributed by atoms with E-state index in [0.29, 0.717) is 25.2 Å². The molecular formula is C24H22FN3O4S. The molecule has 3 heterocycles. The third-order valence-electron chi connectivity index (χ3n) is 6.28. The second-order valence-corrected chi connectivity index (χ2v) is 10.2. The first kappa shape index (κ1) is 21.4. The summed E-state index contributed by atoms with van der Waals surface area (Å²) in [5.41, 5.74) is 0.830. The predicted molar refractivity (Wildman–Crippen MR) is 121 cm³/mol. The van der Waals surface area contributed by atoms with E-state index < -0.39 is 15.8 Å². The van der Waals surface area contributed by atoms with Crippen LogP contribution in [0.3, 0.4) is 0 Å². The lowest BCUT2D eigenvalue weighted by Crippen LogP contribution is -2.49. The van der Waals surface area contributed by atoms with E-state index in [9.17, 15) is 22.4 Å². The number of halogens is 1. The first-order chi connectivity index (χ1) is 15.8. The molecule has 1 N–H and O–H groups in total. The minimum Gasteiger partial charge on any atom is -0.338 e. The number of fused-ring (bicyclic) bond motifs is 4. The Morgan fingerprint density at radius 1 is 0.939 bits per heavy atom. The van der Waals surface area contributed by atoms with Gasteiger partial charge >= 0.3 is 0 Å². The molecule has 2 atom stereocenters. The maximum Gasteiger partial charge on any atom is 0.275 e. The van der Waals surface area contributed by atoms with Crippen LogP contribution in [-0.2, 0) is 16.6 Å². The Morgan fingerprint density at radius 2 is 1.67 bits per heavy atom. The fourth-order valence-corrected chi connectivity index (χ4v) is 5.85. The monoisotopic (exact) mass is 467 g/mol. The highest BCUT2D eigenvalue weighted by atomic mass is 32.2. The third-order valence-corrected chi connectivity index (χ3v) is 7.66. The van der Waals surface area contributed by atoms with Crippen molar-refractivity contribution in [3.05, 3.63) is 94.2 Å². The largest absolute Gasteiger partial charge is 0.338 e. The van der Waals surface area contributed by atoms with Crippen LogP contribution in [0.5, 0.6) is 0 Å². The van der Waals surface area contributed by atoms with E-state index in [1.165, 1.54) is 42.5 Å². The number of aromatic nitrogens is 1. The molecule has 1 amide bonds. The molecule has 2 bridgehead atoms. The normalized spacial score (nSPS) is 19.6. The highest BCUT2D eigenvalue weighted by molar-refractivity contribution is 7.92. The summed E-state index contributed by atoms with van der Waals surface area (Å²) >= 11 is 0. The number of hydrogen-bond donors (Lipinski definition) is 1. The average Bonchev–Trinajstić information content (AvgIpc) is 2.81. The summed E-state index contributed by atoms with van der Waals surface area (Å²) in [6.45, 7) is 1.33. The molecule has 1 fully saturated rings. The Bertz CT molecular complexity index is 1370. The van der Waals surface area contributed by atoms with Crippen LogP contribution in [0.2, 0.25) is 0 Å². The molecular weight excluding hydrogens is 445 g/mol. The molecule has 0 saturated carbocycles. The van der Waals surface area contributed by atoms with Crippen molar-refractivity contribution in [2.45, 2.75) is 23.8 Å². The van der Waals surface area contributed by atoms with Gasteiger partial charge in [-0.15, -0.1) is 0 Å². The second kappa shape index (κ2) is 8.15. The molecule has 5 rings (SSSR count). The standard InChI is InChI=1S/C24H22FN3O4S/c25-19-8-6-17(7-9-19)23(29)27-13-16-12-18(15-27)22-11-10-21(24(30)28(22)14-16)26-33(31,32)20-4-2-1-3-5-20/h1-11,16,18,26H,12-15H2/t16-,18-/m1/s1. The number of pyridine rings is 1. The van der Waals surface area contributed by atoms with Crippen molar-refractivity contribution < 1.29 is 17.6 Å². The van der Waals surface area contributed by atoms with Crippen LogP contribution in [0.4, 0.5) is 10.1 Å². The van der Waals surface area contributed by atoms with Gasteiger partial charge in [-0.05, 0) is 60.9 Å². The predicted octanol–water partition coefficient (Wildman–Crippen LogP) is 3.05. The number of nitrogens with zero attached hydrogens (tertiary/aromatic N) is 2. The summed E-state index contributed by atoms with van der Waals surface area (Å²) in [6.07, 6.45) is 0.849. The zero-order valence-corrected chi connectivity index (χ0v) is 18.5. The average molecular weight is 468 g/mol. The Balaban J connectivity index is 1.40. The highest BCUT2D eigenvalue weighted by Gasteiger charge is 2.37. The molecule has 3 aromatic rings. The molecule has 33 heavy (non-hydrogen) atoms. The number of hydrogen-bond acceptors (Lipinski definition) is 4. The Labute approximate surface area is 190 Å². The quantitative estimate of drug-likeness (QED) is 0.639. The van der Waals surface area contributed by atoms with Gasteiger partial charge in [0.15, 0.2) is 0 Å². The van der Waals surface area contributed by atoms with E-state index in [4.69, 9.17) is 0 Å². The Kier molecular flexibility index (Phi) is 5.28. The van der Waals surface area contributed by atoms with Gasteiger partial charge in [0.25, 0.3) is 21.5 Å². The molecule has 170 valence electrons. The van der Waals surface area contributed by atoms with Gasteiger partial charge in [-0.1, -0.05) is 18.2 Å². The van der Waals surface area contributed by atoms with Crippen molar-refractivity contribution in [3.8, 4) is 0 Å². The molecule has 2 aliphatic rings. The van der Waals surface area contributed by atoms with Gasteiger partial charge in [-0.2, -0.15) is 0 Å². The van der Waals surface area contributed by atoms with Gasteiger partial charge in [0.2, 0.25) is 0 Å². The molecule has 0 aliphatic carbocycles. The van der Waals surface area contributed by atoms with Crippen LogP contribution in [-0.4, -0.2) is 36.9 Å². The molecule has 0 unspecified atom stereocenters. The minimum absolute atomic E-state index is 0.00169. The Morgan fingerprint density at radius 3 is 2.39 bits per heavy atom. The van der Waals surface area contributed by atoms with Gasteiger partial charge in [0.05, 0.1) is 4.90 Å². The maximum absolute atomic E-state index is 13.2. The van der Waals surface area contributed by atoms with E-state index in [1.54, 1.807) is 33.7 Å². The SMILES string of the molecule is O=C(c1ccc(F)cc1)N1C[C@H]2C[C@H](C1)c1ccc(NS(=O)(=O)c3ccccc3)c(=O)n1C2. The number of nitrogens with one attached hydrogen (secondary N) is 1. The van der Waals surface area contributed by atoms with Crippen molar-refractivity contribution in [3.63, 3.8) is 0 Å². The number of rotatable bonds is 4. The van der Waals surface area contributed by atoms with Crippen LogP contribution in [0.15, 0.2) is 76.4 Å². The summed E-state index contributed by atoms with van der Waals surface area (Å²) in [5, 5.41) is 0. The molecule has 1 aromatic heterocycles. The fraction of sp³-hybridized carbons (Fsp3) is 0.250. The lowest BCUT2D eigenvalue weighted by Gasteiger charge is -2.43. The van der Waals surface area contributed by atoms with Crippen molar-refractivity contribution in [2.24, 2.45) is 5.92 Å². The number of benzene rings is 2. The van der Waals surface area contributed by atoms with Gasteiger partial charge in [0, 0.05) is 36.8 Å². The number of piperidine rings is 1. The summed E-state index contributed by atoms with van der Waals surface area (Å²) in [7, 11) is -3.88. The van der Waals surface area contributed by atoms with Crippen LogP contribution >= 0.6 is 0 Å². The van der Waals surface area contributed by atoms with Crippen LogP contribution < -0.4 is 10.3 Å². The molecule has 2 aromatic carbocycles. The van der Waals surface area contributed by atoms with Gasteiger partial charge in [-0.3, -0.25) is 14.3 Å². The minimum atomic E-state index is -3.88. The number of sulfonamides is 1. The smallest absolute Gasteiger partial charge is 0.275 e. The molecule has 9 heteroatoms. The van der Waals surface area contributed by atoms with E-state index in [2.05, 4.69) is 4.72 Å². The summed E-state index contributed by atoms with van der Waals surface area (Å²) in [4.78, 5) is 27.9. The summed E-state index contributed by atoms with van der Waals surface area (Å²) in [6, 6.07) is 16.6. The van der Waals surface area contributed by atoms with Crippen molar-refractivity contribution in [1.29, 1.82) is 0 Å². The number of carbonyl (C=O) groups excluding carboxylic acids is 1. The van der Waals surface area contributed by atoms with Crippen molar-refractivity contribution in [1.82, 2.24) is 9.47 Å². The zero-order chi connectivity index (χ0) is 23.2. The number of amides is 1. The summed E-state index contributed by atoms with van der Waals surface area (Å²) in [5.74, 6) is -0.518. The molecule has 2 aliphatic heterocycles. The lowest BCUT2D eigenvalue weighted by atomic mass is 9.83. The first-order valence-electron chi connectivity index (χ1n) is 10.7. The number of anilines is 1. The third kappa shape index (κ3) is 4.04. The first-order valence-corrected chi connectivity index (χ1v) is 12.2. The van der Waals surface area contributed by atoms with Gasteiger partial charge < -0.3 is 9.47 Å². The second-order valence-electron chi connectivity index (χ2n) is 8.52. The lowest BCUT2D eigenvalue weighted by molar-refractivity contribution is 0.0594. The maximum atomic E-state index is 13.2. The fourth-order valence-electron chi connectivity index (χ4n) is 4.77. The van der Waals surface area contributed by atoms with Crippen LogP contribution in [0.1, 0.15) is 28.4 Å². The van der Waals surface area contributed by atoms with Crippen molar-refractivity contribution in [2.75, 3.05) is 17.8 Å². The topological polar surface area (TPSA) is 88.5 Å². The van der Waals surface area contributed by atoms with E-state index in [-0.39, 0.29) is 33.9 Å². The number of likely N-dealkylation sites (tertiary alicyclic amines) is 1. The Hall–Kier alpha value is -3.46.